The van der Waals surface area contributed by atoms with Gasteiger partial charge < -0.3 is 15.7 Å². The zero-order valence-corrected chi connectivity index (χ0v) is 22.1. The fraction of sp³-hybridized carbons (Fsp3) is 0.519. The maximum Gasteiger partial charge on any atom is 0.270 e. The van der Waals surface area contributed by atoms with Crippen molar-refractivity contribution in [3.05, 3.63) is 47.4 Å². The van der Waals surface area contributed by atoms with Gasteiger partial charge in [0, 0.05) is 36.2 Å². The fourth-order valence-corrected chi connectivity index (χ4v) is 5.15. The lowest BCUT2D eigenvalue weighted by Crippen LogP contribution is -2.49. The summed E-state index contributed by atoms with van der Waals surface area (Å²) in [7, 11) is 0. The standard InChI is InChI=1S/C27H36FN7O3/c1-4-20-23(17(3)33-34-20)19-10-11-22(30-25(19)28)31-27(38)24(18-8-6-16(2)7-9-18)32-26(37)21-12-13-29-35(21)14-5-15-36/h10-13,16,18,24,36H,4-9,14-15H2,1-3H3,(H,32,37)(H,33,34)(H,30,31,38)/t16?,18?,24-/m0/s1. The van der Waals surface area contributed by atoms with Crippen molar-refractivity contribution in [2.75, 3.05) is 11.9 Å². The average molecular weight is 526 g/mol. The first-order valence-electron chi connectivity index (χ1n) is 13.3. The van der Waals surface area contributed by atoms with Crippen LogP contribution < -0.4 is 10.6 Å². The average Bonchev–Trinajstić information content (AvgIpc) is 3.53. The maximum absolute atomic E-state index is 15.1. The second kappa shape index (κ2) is 12.3. The molecule has 3 aromatic heterocycles. The molecular weight excluding hydrogens is 489 g/mol. The molecule has 4 N–H and O–H groups in total. The number of aliphatic hydroxyl groups excluding tert-OH is 1. The van der Waals surface area contributed by atoms with Crippen LogP contribution in [0.5, 0.6) is 0 Å². The van der Waals surface area contributed by atoms with Gasteiger partial charge in [0.2, 0.25) is 11.9 Å². The molecule has 204 valence electrons. The molecule has 0 unspecified atom stereocenters. The molecule has 0 radical (unpaired) electrons. The van der Waals surface area contributed by atoms with Gasteiger partial charge in [-0.15, -0.1) is 0 Å². The predicted molar refractivity (Wildman–Crippen MR) is 141 cm³/mol. The summed E-state index contributed by atoms with van der Waals surface area (Å²) in [6.45, 7) is 6.30. The minimum Gasteiger partial charge on any atom is -0.396 e. The van der Waals surface area contributed by atoms with Crippen molar-refractivity contribution < 1.29 is 19.1 Å². The molecule has 1 saturated carbocycles. The van der Waals surface area contributed by atoms with Crippen molar-refractivity contribution >= 4 is 17.6 Å². The van der Waals surface area contributed by atoms with Gasteiger partial charge >= 0.3 is 0 Å². The summed E-state index contributed by atoms with van der Waals surface area (Å²) < 4.78 is 16.6. The van der Waals surface area contributed by atoms with Gasteiger partial charge in [-0.2, -0.15) is 14.6 Å². The number of anilines is 1. The van der Waals surface area contributed by atoms with Crippen molar-refractivity contribution in [1.29, 1.82) is 0 Å². The Morgan fingerprint density at radius 1 is 1.24 bits per heavy atom. The van der Waals surface area contributed by atoms with Gasteiger partial charge in [0.15, 0.2) is 0 Å². The van der Waals surface area contributed by atoms with Crippen molar-refractivity contribution in [1.82, 2.24) is 30.3 Å². The molecule has 11 heteroatoms. The molecule has 1 aliphatic carbocycles. The van der Waals surface area contributed by atoms with Crippen LogP contribution in [0.3, 0.4) is 0 Å². The van der Waals surface area contributed by atoms with Crippen LogP contribution in [-0.2, 0) is 17.8 Å². The minimum atomic E-state index is -0.816. The number of halogens is 1. The first-order chi connectivity index (χ1) is 18.3. The fourth-order valence-electron chi connectivity index (χ4n) is 5.15. The molecular formula is C27H36FN7O3. The molecule has 38 heavy (non-hydrogen) atoms. The molecule has 0 aromatic carbocycles. The number of H-pyrrole nitrogens is 1. The summed E-state index contributed by atoms with van der Waals surface area (Å²) in [5.74, 6) is -0.986. The van der Waals surface area contributed by atoms with E-state index in [1.807, 2.05) is 6.92 Å². The van der Waals surface area contributed by atoms with E-state index in [4.69, 9.17) is 5.11 Å². The Morgan fingerprint density at radius 3 is 2.68 bits per heavy atom. The van der Waals surface area contributed by atoms with Crippen LogP contribution in [0.25, 0.3) is 11.1 Å². The Labute approximate surface area is 221 Å². The van der Waals surface area contributed by atoms with Crippen LogP contribution in [0.1, 0.15) is 67.8 Å². The SMILES string of the molecule is CCc1[nH]nc(C)c1-c1ccc(NC(=O)[C@@H](NC(=O)c2ccnn2CCCO)C2CCC(C)CC2)nc1F. The molecule has 0 spiro atoms. The van der Waals surface area contributed by atoms with E-state index in [-0.39, 0.29) is 18.3 Å². The number of aryl methyl sites for hydroxylation is 3. The summed E-state index contributed by atoms with van der Waals surface area (Å²) in [6, 6.07) is 3.92. The number of nitrogens with one attached hydrogen (secondary N) is 3. The van der Waals surface area contributed by atoms with Gasteiger partial charge in [0.1, 0.15) is 17.6 Å². The van der Waals surface area contributed by atoms with Crippen molar-refractivity contribution in [2.45, 2.75) is 71.9 Å². The lowest BCUT2D eigenvalue weighted by molar-refractivity contribution is -0.119. The Morgan fingerprint density at radius 2 is 2.00 bits per heavy atom. The summed E-state index contributed by atoms with van der Waals surface area (Å²) in [5, 5.41) is 26.0. The third-order valence-electron chi connectivity index (χ3n) is 7.32. The number of carbonyl (C=O) groups excluding carboxylic acids is 2. The number of amides is 2. The number of aliphatic hydroxyl groups is 1. The molecule has 1 fully saturated rings. The molecule has 1 aliphatic rings. The third kappa shape index (κ3) is 6.09. The van der Waals surface area contributed by atoms with Gasteiger partial charge in [0.25, 0.3) is 5.91 Å². The number of hydrogen-bond donors (Lipinski definition) is 4. The number of pyridine rings is 1. The van der Waals surface area contributed by atoms with Crippen molar-refractivity contribution in [2.24, 2.45) is 11.8 Å². The monoisotopic (exact) mass is 525 g/mol. The molecule has 0 bridgehead atoms. The van der Waals surface area contributed by atoms with Gasteiger partial charge in [-0.1, -0.05) is 26.7 Å². The first kappa shape index (κ1) is 27.4. The normalized spacial score (nSPS) is 18.2. The highest BCUT2D eigenvalue weighted by molar-refractivity contribution is 6.00. The topological polar surface area (TPSA) is 138 Å². The number of aromatic nitrogens is 5. The van der Waals surface area contributed by atoms with Gasteiger partial charge in [-0.25, -0.2) is 4.98 Å². The summed E-state index contributed by atoms with van der Waals surface area (Å²) in [4.78, 5) is 30.7. The summed E-state index contributed by atoms with van der Waals surface area (Å²) in [6.07, 6.45) is 6.15. The third-order valence-corrected chi connectivity index (χ3v) is 7.32. The number of aromatic amines is 1. The largest absolute Gasteiger partial charge is 0.396 e. The van der Waals surface area contributed by atoms with Crippen LogP contribution in [-0.4, -0.2) is 54.5 Å². The zero-order chi connectivity index (χ0) is 27.2. The minimum absolute atomic E-state index is 0.0194. The molecule has 2 amide bonds. The van der Waals surface area contributed by atoms with Crippen molar-refractivity contribution in [3.8, 4) is 11.1 Å². The Balaban J connectivity index is 1.54. The Bertz CT molecular complexity index is 1260. The van der Waals surface area contributed by atoms with Gasteiger partial charge in [0.05, 0.1) is 5.69 Å². The highest BCUT2D eigenvalue weighted by Crippen LogP contribution is 2.32. The van der Waals surface area contributed by atoms with E-state index in [9.17, 15) is 9.59 Å². The van der Waals surface area contributed by atoms with Crippen LogP contribution in [0.4, 0.5) is 10.2 Å². The number of rotatable bonds is 10. The van der Waals surface area contributed by atoms with E-state index in [1.54, 1.807) is 25.1 Å². The number of nitrogens with zero attached hydrogens (tertiary/aromatic N) is 4. The number of hydrogen-bond acceptors (Lipinski definition) is 6. The van der Waals surface area contributed by atoms with E-state index in [1.165, 1.54) is 10.9 Å². The Hall–Kier alpha value is -3.60. The number of carbonyl (C=O) groups is 2. The predicted octanol–water partition coefficient (Wildman–Crippen LogP) is 3.62. The van der Waals surface area contributed by atoms with Gasteiger partial charge in [-0.05, 0) is 62.6 Å². The highest BCUT2D eigenvalue weighted by atomic mass is 19.1. The molecule has 0 aliphatic heterocycles. The lowest BCUT2D eigenvalue weighted by Gasteiger charge is -2.32. The quantitative estimate of drug-likeness (QED) is 0.298. The van der Waals surface area contributed by atoms with Gasteiger partial charge in [-0.3, -0.25) is 19.4 Å². The summed E-state index contributed by atoms with van der Waals surface area (Å²) in [5.41, 5.74) is 2.79. The maximum atomic E-state index is 15.1. The van der Waals surface area contributed by atoms with E-state index in [0.717, 1.165) is 31.4 Å². The Kier molecular flexibility index (Phi) is 8.88. The molecule has 4 rings (SSSR count). The van der Waals surface area contributed by atoms with Crippen LogP contribution in [0, 0.1) is 24.7 Å². The molecule has 0 saturated heterocycles. The van der Waals surface area contributed by atoms with E-state index in [2.05, 4.69) is 37.8 Å². The van der Waals surface area contributed by atoms with E-state index in [0.29, 0.717) is 47.8 Å². The zero-order valence-electron chi connectivity index (χ0n) is 22.1. The molecule has 10 nitrogen and oxygen atoms in total. The van der Waals surface area contributed by atoms with E-state index >= 15 is 4.39 Å². The molecule has 3 aromatic rings. The van der Waals surface area contributed by atoms with Crippen LogP contribution in [0.15, 0.2) is 24.4 Å². The van der Waals surface area contributed by atoms with Crippen LogP contribution >= 0.6 is 0 Å². The second-order valence-electron chi connectivity index (χ2n) is 10.0. The highest BCUT2D eigenvalue weighted by Gasteiger charge is 2.33. The molecule has 1 atom stereocenters. The summed E-state index contributed by atoms with van der Waals surface area (Å²) >= 11 is 0. The van der Waals surface area contributed by atoms with Crippen molar-refractivity contribution in [3.63, 3.8) is 0 Å². The van der Waals surface area contributed by atoms with E-state index < -0.39 is 23.8 Å². The van der Waals surface area contributed by atoms with Crippen LogP contribution in [0.2, 0.25) is 0 Å². The smallest absolute Gasteiger partial charge is 0.270 e. The second-order valence-corrected chi connectivity index (χ2v) is 10.0. The first-order valence-corrected chi connectivity index (χ1v) is 13.3. The lowest BCUT2D eigenvalue weighted by atomic mass is 9.79. The molecule has 3 heterocycles.